The van der Waals surface area contributed by atoms with Crippen LogP contribution in [-0.2, 0) is 11.3 Å². The molecule has 6 nitrogen and oxygen atoms in total. The van der Waals surface area contributed by atoms with E-state index in [4.69, 9.17) is 0 Å². The Morgan fingerprint density at radius 1 is 1.03 bits per heavy atom. The quantitative estimate of drug-likeness (QED) is 0.789. The summed E-state index contributed by atoms with van der Waals surface area (Å²) in [6.45, 7) is 2.77. The number of carbonyl (C=O) groups excluding carboxylic acids is 1. The molecule has 9 atom stereocenters. The molecule has 1 N–H and O–H groups in total. The smallest absolute Gasteiger partial charge is 0.157 e. The van der Waals surface area contributed by atoms with Gasteiger partial charge in [0.15, 0.2) is 5.78 Å². The van der Waals surface area contributed by atoms with Crippen molar-refractivity contribution in [3.63, 3.8) is 0 Å². The summed E-state index contributed by atoms with van der Waals surface area (Å²) in [6, 6.07) is 0. The fraction of sp³-hybridized carbons (Fsp3) is 0.769. The highest BCUT2D eigenvalue weighted by Crippen LogP contribution is 2.68. The topological polar surface area (TPSA) is 80.9 Å². The van der Waals surface area contributed by atoms with Crippen LogP contribution in [0.5, 0.6) is 0 Å². The van der Waals surface area contributed by atoms with Crippen molar-refractivity contribution in [2.24, 2.45) is 46.8 Å². The molecule has 5 fully saturated rings. The molecule has 5 aliphatic rings. The average Bonchev–Trinajstić information content (AvgIpc) is 3.15. The predicted octanol–water partition coefficient (Wildman–Crippen LogP) is 4.03. The van der Waals surface area contributed by atoms with Gasteiger partial charge in [0.05, 0.1) is 18.0 Å². The number of rotatable bonds is 3. The van der Waals surface area contributed by atoms with Crippen molar-refractivity contribution >= 4 is 16.8 Å². The van der Waals surface area contributed by atoms with Crippen molar-refractivity contribution in [3.05, 3.63) is 18.7 Å². The van der Waals surface area contributed by atoms with E-state index < -0.39 is 0 Å². The second kappa shape index (κ2) is 6.62. The summed E-state index contributed by atoms with van der Waals surface area (Å²) in [6.07, 6.45) is 15.7. The van der Waals surface area contributed by atoms with Crippen LogP contribution in [0.4, 0.5) is 0 Å². The Kier molecular flexibility index (Phi) is 4.06. The van der Waals surface area contributed by atoms with Gasteiger partial charge in [-0.3, -0.25) is 9.48 Å². The Labute approximate surface area is 189 Å². The molecular weight excluding hydrogens is 400 g/mol. The van der Waals surface area contributed by atoms with Gasteiger partial charge in [-0.25, -0.2) is 9.97 Å². The van der Waals surface area contributed by atoms with Crippen LogP contribution in [0, 0.1) is 46.8 Å². The Hall–Kier alpha value is -1.82. The number of Topliss-reactive ketones (excluding diaryl/α,β-unsaturated/α-hetero) is 1. The number of hydrogen-bond donors (Lipinski definition) is 1. The maximum atomic E-state index is 13.6. The van der Waals surface area contributed by atoms with E-state index in [1.165, 1.54) is 44.9 Å². The van der Waals surface area contributed by atoms with Crippen LogP contribution in [0.25, 0.3) is 11.0 Å². The zero-order chi connectivity index (χ0) is 21.7. The van der Waals surface area contributed by atoms with Gasteiger partial charge in [0.25, 0.3) is 0 Å². The summed E-state index contributed by atoms with van der Waals surface area (Å²) in [5.41, 5.74) is 1.50. The first-order chi connectivity index (χ1) is 15.5. The molecule has 0 aliphatic heterocycles. The molecule has 32 heavy (non-hydrogen) atoms. The highest BCUT2D eigenvalue weighted by Gasteiger charge is 2.65. The largest absolute Gasteiger partial charge is 0.390 e. The van der Waals surface area contributed by atoms with Gasteiger partial charge < -0.3 is 5.11 Å². The first-order valence-electron chi connectivity index (χ1n) is 12.8. The minimum Gasteiger partial charge on any atom is -0.390 e. The van der Waals surface area contributed by atoms with E-state index in [0.29, 0.717) is 24.2 Å². The standard InChI is InChI=1S/C26H34N4O2/c1-25-8-6-15-16-7-9-26(32)10-21(26)18(16)3-2-17(15)19(25)4-5-20(25)24(31)13-30-23-12-27-14-28-22(23)11-29-30/h11-12,14-21,32H,2-10,13H2,1H3/t15-,16-,17-,18+,19+,20-,21?,25+,26+/m1/s1. The summed E-state index contributed by atoms with van der Waals surface area (Å²) in [5, 5.41) is 15.1. The second-order valence-electron chi connectivity index (χ2n) is 12.0. The molecule has 5 aliphatic carbocycles. The number of nitrogens with zero attached hydrogens (tertiary/aromatic N) is 4. The van der Waals surface area contributed by atoms with Crippen LogP contribution in [0.1, 0.15) is 64.7 Å². The summed E-state index contributed by atoms with van der Waals surface area (Å²) < 4.78 is 1.80. The van der Waals surface area contributed by atoms with Crippen molar-refractivity contribution in [1.29, 1.82) is 0 Å². The number of aliphatic hydroxyl groups is 1. The molecule has 0 bridgehead atoms. The molecule has 5 saturated carbocycles. The molecule has 6 heteroatoms. The maximum Gasteiger partial charge on any atom is 0.157 e. The molecule has 2 aromatic heterocycles. The lowest BCUT2D eigenvalue weighted by atomic mass is 9.49. The van der Waals surface area contributed by atoms with E-state index in [-0.39, 0.29) is 16.9 Å². The molecule has 7 rings (SSSR count). The molecule has 1 unspecified atom stereocenters. The molecule has 0 amide bonds. The Morgan fingerprint density at radius 2 is 1.81 bits per heavy atom. The number of aromatic nitrogens is 4. The summed E-state index contributed by atoms with van der Waals surface area (Å²) in [4.78, 5) is 21.9. The highest BCUT2D eigenvalue weighted by atomic mass is 16.3. The van der Waals surface area contributed by atoms with Gasteiger partial charge in [0.2, 0.25) is 0 Å². The van der Waals surface area contributed by atoms with Crippen molar-refractivity contribution < 1.29 is 9.90 Å². The summed E-state index contributed by atoms with van der Waals surface area (Å²) in [7, 11) is 0. The molecule has 2 aromatic rings. The number of carbonyl (C=O) groups is 1. The van der Waals surface area contributed by atoms with Crippen LogP contribution in [0.3, 0.4) is 0 Å². The third-order valence-corrected chi connectivity index (χ3v) is 11.0. The Balaban J connectivity index is 1.11. The molecular formula is C26H34N4O2. The molecule has 0 saturated heterocycles. The van der Waals surface area contributed by atoms with Crippen LogP contribution < -0.4 is 0 Å². The van der Waals surface area contributed by atoms with E-state index in [0.717, 1.165) is 54.0 Å². The van der Waals surface area contributed by atoms with Crippen molar-refractivity contribution in [1.82, 2.24) is 19.7 Å². The monoisotopic (exact) mass is 434 g/mol. The maximum absolute atomic E-state index is 13.6. The van der Waals surface area contributed by atoms with Gasteiger partial charge >= 0.3 is 0 Å². The van der Waals surface area contributed by atoms with Crippen LogP contribution >= 0.6 is 0 Å². The third-order valence-electron chi connectivity index (χ3n) is 11.0. The van der Waals surface area contributed by atoms with Gasteiger partial charge in [-0.2, -0.15) is 5.10 Å². The molecule has 2 heterocycles. The second-order valence-corrected chi connectivity index (χ2v) is 12.0. The van der Waals surface area contributed by atoms with Crippen LogP contribution in [0.2, 0.25) is 0 Å². The van der Waals surface area contributed by atoms with Gasteiger partial charge in [-0.05, 0) is 98.7 Å². The lowest BCUT2D eigenvalue weighted by molar-refractivity contribution is -0.131. The zero-order valence-electron chi connectivity index (χ0n) is 19.0. The fourth-order valence-corrected chi connectivity index (χ4v) is 9.41. The van der Waals surface area contributed by atoms with Gasteiger partial charge in [-0.1, -0.05) is 6.92 Å². The van der Waals surface area contributed by atoms with E-state index in [1.54, 1.807) is 17.1 Å². The van der Waals surface area contributed by atoms with Crippen molar-refractivity contribution in [2.45, 2.75) is 76.9 Å². The molecule has 0 radical (unpaired) electrons. The van der Waals surface area contributed by atoms with Crippen LogP contribution in [0.15, 0.2) is 18.7 Å². The number of hydrogen-bond acceptors (Lipinski definition) is 5. The SMILES string of the molecule is C[C@]12CC[C@@H]3[C@H]4CC[C@]5(O)CC5[C@H]4CC[C@H]3[C@@H]1CC[C@@H]2C(=O)Cn1ncc2ncncc21. The first-order valence-corrected chi connectivity index (χ1v) is 12.8. The fourth-order valence-electron chi connectivity index (χ4n) is 9.41. The van der Waals surface area contributed by atoms with Crippen LogP contribution in [-0.4, -0.2) is 36.2 Å². The lowest BCUT2D eigenvalue weighted by Crippen LogP contribution is -2.50. The first kappa shape index (κ1) is 19.6. The van der Waals surface area contributed by atoms with E-state index >= 15 is 0 Å². The van der Waals surface area contributed by atoms with Crippen molar-refractivity contribution in [3.8, 4) is 0 Å². The Bertz CT molecular complexity index is 1080. The van der Waals surface area contributed by atoms with E-state index in [9.17, 15) is 9.90 Å². The zero-order valence-corrected chi connectivity index (χ0v) is 19.0. The number of ketones is 1. The normalized spacial score (nSPS) is 46.8. The average molecular weight is 435 g/mol. The minimum absolute atomic E-state index is 0.138. The highest BCUT2D eigenvalue weighted by molar-refractivity contribution is 5.84. The molecule has 170 valence electrons. The van der Waals surface area contributed by atoms with E-state index in [2.05, 4.69) is 22.0 Å². The Morgan fingerprint density at radius 3 is 2.66 bits per heavy atom. The van der Waals surface area contributed by atoms with Gasteiger partial charge in [0.1, 0.15) is 23.9 Å². The molecule has 0 aromatic carbocycles. The van der Waals surface area contributed by atoms with Gasteiger partial charge in [-0.15, -0.1) is 0 Å². The lowest BCUT2D eigenvalue weighted by Gasteiger charge is -2.56. The molecule has 0 spiro atoms. The third kappa shape index (κ3) is 2.62. The van der Waals surface area contributed by atoms with Crippen molar-refractivity contribution in [2.75, 3.05) is 0 Å². The minimum atomic E-state index is -0.288. The number of fused-ring (bicyclic) bond motifs is 8. The summed E-state index contributed by atoms with van der Waals surface area (Å²) in [5.74, 6) is 5.00. The van der Waals surface area contributed by atoms with E-state index in [1.807, 2.05) is 0 Å². The summed E-state index contributed by atoms with van der Waals surface area (Å²) >= 11 is 0. The predicted molar refractivity (Wildman–Crippen MR) is 119 cm³/mol. The van der Waals surface area contributed by atoms with Gasteiger partial charge in [0, 0.05) is 5.92 Å².